The van der Waals surface area contributed by atoms with Crippen LogP contribution in [-0.2, 0) is 4.79 Å². The van der Waals surface area contributed by atoms with Crippen molar-refractivity contribution in [3.05, 3.63) is 74.8 Å². The minimum absolute atomic E-state index is 0.0416. The predicted octanol–water partition coefficient (Wildman–Crippen LogP) is 2.40. The first-order chi connectivity index (χ1) is 15.0. The first-order valence-electron chi connectivity index (χ1n) is 9.67. The number of piperazine rings is 1. The number of halogens is 2. The van der Waals surface area contributed by atoms with Gasteiger partial charge in [0.1, 0.15) is 11.3 Å². The number of anilines is 1. The lowest BCUT2D eigenvalue weighted by molar-refractivity contribution is -0.130. The minimum atomic E-state index is -0.273. The van der Waals surface area contributed by atoms with Gasteiger partial charge in [-0.2, -0.15) is 0 Å². The van der Waals surface area contributed by atoms with Gasteiger partial charge in [0.05, 0.1) is 28.4 Å². The maximum Gasteiger partial charge on any atom is 0.281 e. The van der Waals surface area contributed by atoms with Crippen LogP contribution in [0, 0.1) is 0 Å². The maximum atomic E-state index is 12.8. The molecule has 1 fully saturated rings. The quantitative estimate of drug-likeness (QED) is 0.646. The van der Waals surface area contributed by atoms with Gasteiger partial charge in [0, 0.05) is 32.4 Å². The number of pyridine rings is 1. The number of fused-ring (bicyclic) bond motifs is 1. The Balaban J connectivity index is 1.35. The second-order valence-electron chi connectivity index (χ2n) is 7.03. The zero-order chi connectivity index (χ0) is 22.0. The Bertz CT molecular complexity index is 1180. The van der Waals surface area contributed by atoms with Crippen LogP contribution in [0.15, 0.2) is 53.6 Å². The van der Waals surface area contributed by atoms with Crippen LogP contribution in [0.25, 0.3) is 5.65 Å². The van der Waals surface area contributed by atoms with E-state index in [1.54, 1.807) is 52.4 Å². The number of hydrogen-bond donors (Lipinski definition) is 1. The summed E-state index contributed by atoms with van der Waals surface area (Å²) in [6.07, 6.45) is 3.05. The number of aromatic nitrogens is 2. The molecule has 2 aromatic heterocycles. The van der Waals surface area contributed by atoms with Gasteiger partial charge >= 0.3 is 0 Å². The summed E-state index contributed by atoms with van der Waals surface area (Å²) in [4.78, 5) is 45.3. The molecule has 0 aliphatic carbocycles. The molecule has 1 aromatic carbocycles. The van der Waals surface area contributed by atoms with Crippen LogP contribution in [0.4, 0.5) is 5.69 Å². The molecule has 4 rings (SSSR count). The lowest BCUT2D eigenvalue weighted by Gasteiger charge is -2.35. The molecule has 1 N–H and O–H groups in total. The predicted molar refractivity (Wildman–Crippen MR) is 119 cm³/mol. The number of hydrogen-bond acceptors (Lipinski definition) is 5. The molecule has 1 aliphatic rings. The molecule has 1 saturated heterocycles. The zero-order valence-electron chi connectivity index (χ0n) is 16.4. The fraction of sp³-hybridized carbons (Fsp3) is 0.238. The number of nitrogens with one attached hydrogen (secondary N) is 1. The molecule has 0 radical (unpaired) electrons. The molecule has 3 heterocycles. The van der Waals surface area contributed by atoms with Gasteiger partial charge in [-0.3, -0.25) is 18.8 Å². The van der Waals surface area contributed by atoms with Gasteiger partial charge in [0.15, 0.2) is 0 Å². The van der Waals surface area contributed by atoms with Gasteiger partial charge < -0.3 is 15.1 Å². The van der Waals surface area contributed by atoms with Crippen molar-refractivity contribution >= 4 is 46.4 Å². The molecule has 1 aliphatic heterocycles. The lowest BCUT2D eigenvalue weighted by Crippen LogP contribution is -2.52. The Morgan fingerprint density at radius 2 is 1.65 bits per heavy atom. The number of nitrogens with zero attached hydrogens (tertiary/aromatic N) is 4. The number of carbonyl (C=O) groups excluding carboxylic acids is 2. The van der Waals surface area contributed by atoms with E-state index in [-0.39, 0.29) is 35.2 Å². The summed E-state index contributed by atoms with van der Waals surface area (Å²) in [5.41, 5.74) is 0.782. The van der Waals surface area contributed by atoms with E-state index in [9.17, 15) is 14.4 Å². The zero-order valence-corrected chi connectivity index (χ0v) is 17.9. The van der Waals surface area contributed by atoms with E-state index >= 15 is 0 Å². The van der Waals surface area contributed by atoms with E-state index in [4.69, 9.17) is 23.2 Å². The molecule has 0 bridgehead atoms. The third-order valence-electron chi connectivity index (χ3n) is 5.14. The molecule has 2 amide bonds. The van der Waals surface area contributed by atoms with Crippen LogP contribution < -0.4 is 10.9 Å². The largest absolute Gasteiger partial charge is 0.370 e. The van der Waals surface area contributed by atoms with Crippen LogP contribution >= 0.6 is 23.2 Å². The smallest absolute Gasteiger partial charge is 0.281 e. The first-order valence-corrected chi connectivity index (χ1v) is 10.4. The Kier molecular flexibility index (Phi) is 6.11. The molecule has 0 atom stereocenters. The molecule has 8 nitrogen and oxygen atoms in total. The molecular weight excluding hydrogens is 441 g/mol. The molecule has 10 heteroatoms. The number of rotatable bonds is 4. The van der Waals surface area contributed by atoms with Crippen LogP contribution in [0.5, 0.6) is 0 Å². The van der Waals surface area contributed by atoms with Crippen molar-refractivity contribution in [2.24, 2.45) is 0 Å². The highest BCUT2D eigenvalue weighted by Gasteiger charge is 2.27. The van der Waals surface area contributed by atoms with Gasteiger partial charge in [-0.25, -0.2) is 4.98 Å². The van der Waals surface area contributed by atoms with E-state index in [0.29, 0.717) is 41.9 Å². The highest BCUT2D eigenvalue weighted by Crippen LogP contribution is 2.26. The van der Waals surface area contributed by atoms with Gasteiger partial charge in [0.25, 0.3) is 11.5 Å². The Hall–Kier alpha value is -3.10. The number of benzene rings is 1. The molecule has 0 unspecified atom stereocenters. The standard InChI is InChI=1S/C21H19Cl2N5O3/c22-14-4-3-5-15(23)19(14)21(31)27-10-8-26(9-11-27)18(29)13-24-16-12-25-17-6-1-2-7-28(17)20(16)30/h1-7,12,24H,8-11,13H2. The average Bonchev–Trinajstić information content (AvgIpc) is 2.78. The van der Waals surface area contributed by atoms with Crippen molar-refractivity contribution in [3.8, 4) is 0 Å². The Labute approximate surface area is 188 Å². The SMILES string of the molecule is O=C(CNc1cnc2ccccn2c1=O)N1CCN(C(=O)c2c(Cl)cccc2Cl)CC1. The monoisotopic (exact) mass is 459 g/mol. The lowest BCUT2D eigenvalue weighted by atomic mass is 10.1. The number of amides is 2. The fourth-order valence-electron chi connectivity index (χ4n) is 3.45. The van der Waals surface area contributed by atoms with Crippen molar-refractivity contribution in [2.75, 3.05) is 38.0 Å². The van der Waals surface area contributed by atoms with Gasteiger partial charge in [-0.05, 0) is 24.3 Å². The summed E-state index contributed by atoms with van der Waals surface area (Å²) < 4.78 is 1.41. The van der Waals surface area contributed by atoms with Crippen LogP contribution in [0.3, 0.4) is 0 Å². The van der Waals surface area contributed by atoms with E-state index in [1.165, 1.54) is 10.6 Å². The van der Waals surface area contributed by atoms with Gasteiger partial charge in [-0.1, -0.05) is 35.3 Å². The van der Waals surface area contributed by atoms with Crippen LogP contribution in [0.1, 0.15) is 10.4 Å². The summed E-state index contributed by atoms with van der Waals surface area (Å²) in [5.74, 6) is -0.420. The summed E-state index contributed by atoms with van der Waals surface area (Å²) in [6.45, 7) is 1.45. The van der Waals surface area contributed by atoms with E-state index < -0.39 is 0 Å². The van der Waals surface area contributed by atoms with Crippen molar-refractivity contribution in [3.63, 3.8) is 0 Å². The topological polar surface area (TPSA) is 87.0 Å². The van der Waals surface area contributed by atoms with E-state index in [1.807, 2.05) is 0 Å². The molecule has 160 valence electrons. The summed E-state index contributed by atoms with van der Waals surface area (Å²) in [5, 5.41) is 3.48. The normalized spacial score (nSPS) is 14.0. The van der Waals surface area contributed by atoms with Crippen molar-refractivity contribution in [1.29, 1.82) is 0 Å². The molecular formula is C21H19Cl2N5O3. The fourth-order valence-corrected chi connectivity index (χ4v) is 4.01. The minimum Gasteiger partial charge on any atom is -0.370 e. The third kappa shape index (κ3) is 4.35. The van der Waals surface area contributed by atoms with Gasteiger partial charge in [-0.15, -0.1) is 0 Å². The first kappa shape index (κ1) is 21.1. The van der Waals surface area contributed by atoms with Crippen LogP contribution in [-0.4, -0.2) is 63.7 Å². The highest BCUT2D eigenvalue weighted by molar-refractivity contribution is 6.39. The Morgan fingerprint density at radius 3 is 2.35 bits per heavy atom. The second kappa shape index (κ2) is 8.95. The molecule has 31 heavy (non-hydrogen) atoms. The molecule has 0 spiro atoms. The van der Waals surface area contributed by atoms with Crippen LogP contribution in [0.2, 0.25) is 10.0 Å². The third-order valence-corrected chi connectivity index (χ3v) is 5.77. The number of carbonyl (C=O) groups is 2. The van der Waals surface area contributed by atoms with Gasteiger partial charge in [0.2, 0.25) is 5.91 Å². The van der Waals surface area contributed by atoms with Crippen molar-refractivity contribution < 1.29 is 9.59 Å². The highest BCUT2D eigenvalue weighted by atomic mass is 35.5. The van der Waals surface area contributed by atoms with E-state index in [2.05, 4.69) is 10.3 Å². The van der Waals surface area contributed by atoms with Crippen molar-refractivity contribution in [1.82, 2.24) is 19.2 Å². The molecule has 0 saturated carbocycles. The van der Waals surface area contributed by atoms with Crippen molar-refractivity contribution in [2.45, 2.75) is 0 Å². The Morgan fingerprint density at radius 1 is 0.968 bits per heavy atom. The molecule has 3 aromatic rings. The summed E-state index contributed by atoms with van der Waals surface area (Å²) in [6, 6.07) is 10.2. The second-order valence-corrected chi connectivity index (χ2v) is 7.84. The summed E-state index contributed by atoms with van der Waals surface area (Å²) >= 11 is 12.3. The van der Waals surface area contributed by atoms with E-state index in [0.717, 1.165) is 0 Å². The maximum absolute atomic E-state index is 12.8. The average molecular weight is 460 g/mol. The summed E-state index contributed by atoms with van der Waals surface area (Å²) in [7, 11) is 0.